The van der Waals surface area contributed by atoms with Crippen LogP contribution < -0.4 is 5.32 Å². The number of anilines is 1. The zero-order chi connectivity index (χ0) is 15.6. The number of halogens is 1. The van der Waals surface area contributed by atoms with Crippen LogP contribution in [0, 0.1) is 5.92 Å². The van der Waals surface area contributed by atoms with Crippen molar-refractivity contribution in [3.05, 3.63) is 24.3 Å². The van der Waals surface area contributed by atoms with Crippen molar-refractivity contribution in [2.24, 2.45) is 5.92 Å². The van der Waals surface area contributed by atoms with Crippen LogP contribution in [0.5, 0.6) is 0 Å². The minimum Gasteiger partial charge on any atom is -0.326 e. The molecule has 1 amide bonds. The molecule has 0 saturated carbocycles. The fourth-order valence-corrected chi connectivity index (χ4v) is 4.56. The van der Waals surface area contributed by atoms with Crippen LogP contribution in [0.2, 0.25) is 0 Å². The van der Waals surface area contributed by atoms with Crippen molar-refractivity contribution in [3.63, 3.8) is 0 Å². The van der Waals surface area contributed by atoms with E-state index in [0.717, 1.165) is 6.42 Å². The molecule has 1 saturated heterocycles. The average molecular weight is 375 g/mol. The van der Waals surface area contributed by atoms with Gasteiger partial charge in [-0.25, -0.2) is 8.42 Å². The highest BCUT2D eigenvalue weighted by Gasteiger charge is 2.32. The molecule has 2 atom stereocenters. The highest BCUT2D eigenvalue weighted by molar-refractivity contribution is 9.09. The van der Waals surface area contributed by atoms with E-state index < -0.39 is 10.0 Å². The van der Waals surface area contributed by atoms with E-state index in [1.54, 1.807) is 12.1 Å². The van der Waals surface area contributed by atoms with Crippen molar-refractivity contribution >= 4 is 37.5 Å². The number of nitrogens with zero attached hydrogens (tertiary/aromatic N) is 1. The number of carbonyl (C=O) groups excluding carboxylic acids is 1. The summed E-state index contributed by atoms with van der Waals surface area (Å²) in [5.41, 5.74) is 0.590. The van der Waals surface area contributed by atoms with E-state index in [1.165, 1.54) is 23.4 Å². The summed E-state index contributed by atoms with van der Waals surface area (Å²) in [6.07, 6.45) is 0.846. The molecule has 0 aliphatic carbocycles. The highest BCUT2D eigenvalue weighted by Crippen LogP contribution is 2.28. The normalized spacial score (nSPS) is 23.8. The van der Waals surface area contributed by atoms with Crippen molar-refractivity contribution in [2.75, 3.05) is 18.4 Å². The molecule has 116 valence electrons. The summed E-state index contributed by atoms with van der Waals surface area (Å²) in [7, 11) is -3.47. The molecule has 7 heteroatoms. The van der Waals surface area contributed by atoms with Crippen molar-refractivity contribution < 1.29 is 13.2 Å². The molecule has 0 aromatic heterocycles. The van der Waals surface area contributed by atoms with E-state index in [4.69, 9.17) is 0 Å². The Balaban J connectivity index is 2.18. The molecule has 2 rings (SSSR count). The quantitative estimate of drug-likeness (QED) is 0.826. The molecule has 2 unspecified atom stereocenters. The predicted octanol–water partition coefficient (Wildman–Crippen LogP) is 2.44. The first-order chi connectivity index (χ1) is 9.80. The maximum Gasteiger partial charge on any atom is 0.243 e. The van der Waals surface area contributed by atoms with Gasteiger partial charge in [0.1, 0.15) is 0 Å². The van der Waals surface area contributed by atoms with Crippen molar-refractivity contribution in [1.82, 2.24) is 4.31 Å². The van der Waals surface area contributed by atoms with Crippen LogP contribution in [0.4, 0.5) is 5.69 Å². The summed E-state index contributed by atoms with van der Waals surface area (Å²) in [4.78, 5) is 11.4. The lowest BCUT2D eigenvalue weighted by Crippen LogP contribution is -2.43. The number of piperidine rings is 1. The van der Waals surface area contributed by atoms with Gasteiger partial charge in [-0.1, -0.05) is 22.9 Å². The zero-order valence-corrected chi connectivity index (χ0v) is 14.4. The molecule has 0 radical (unpaired) electrons. The van der Waals surface area contributed by atoms with Crippen molar-refractivity contribution in [2.45, 2.75) is 30.0 Å². The number of carbonyl (C=O) groups is 1. The second kappa shape index (κ2) is 6.46. The fourth-order valence-electron chi connectivity index (χ4n) is 2.28. The average Bonchev–Trinajstić information content (AvgIpc) is 2.41. The summed E-state index contributed by atoms with van der Waals surface area (Å²) in [5.74, 6) is 0.288. The number of amides is 1. The number of rotatable bonds is 3. The highest BCUT2D eigenvalue weighted by atomic mass is 79.9. The zero-order valence-electron chi connectivity index (χ0n) is 12.0. The smallest absolute Gasteiger partial charge is 0.243 e. The minimum atomic E-state index is -3.47. The van der Waals surface area contributed by atoms with E-state index in [9.17, 15) is 13.2 Å². The molecule has 1 aliphatic rings. The van der Waals surface area contributed by atoms with Gasteiger partial charge < -0.3 is 5.32 Å². The topological polar surface area (TPSA) is 66.5 Å². The van der Waals surface area contributed by atoms with Crippen LogP contribution in [0.1, 0.15) is 20.3 Å². The molecular weight excluding hydrogens is 356 g/mol. The summed E-state index contributed by atoms with van der Waals surface area (Å²) < 4.78 is 26.7. The first-order valence-electron chi connectivity index (χ1n) is 6.82. The molecule has 1 fully saturated rings. The monoisotopic (exact) mass is 374 g/mol. The maximum absolute atomic E-state index is 12.6. The molecule has 1 N–H and O–H groups in total. The standard InChI is InChI=1S/C14H19BrN2O3S/c1-10-7-8-17(9-14(10)15)21(19,20)13-5-3-12(4-6-13)16-11(2)18/h3-6,10,14H,7-9H2,1-2H3,(H,16,18). The number of hydrogen-bond acceptors (Lipinski definition) is 3. The van der Waals surface area contributed by atoms with Gasteiger partial charge in [-0.05, 0) is 36.6 Å². The van der Waals surface area contributed by atoms with Gasteiger partial charge in [0, 0.05) is 30.5 Å². The summed E-state index contributed by atoms with van der Waals surface area (Å²) in [5, 5.41) is 2.62. The van der Waals surface area contributed by atoms with E-state index in [0.29, 0.717) is 24.7 Å². The number of nitrogens with one attached hydrogen (secondary N) is 1. The van der Waals surface area contributed by atoms with Crippen LogP contribution in [0.3, 0.4) is 0 Å². The molecule has 5 nitrogen and oxygen atoms in total. The molecule has 1 aliphatic heterocycles. The predicted molar refractivity (Wildman–Crippen MR) is 86.0 cm³/mol. The van der Waals surface area contributed by atoms with Gasteiger partial charge in [0.05, 0.1) is 4.90 Å². The number of benzene rings is 1. The SMILES string of the molecule is CC(=O)Nc1ccc(S(=O)(=O)N2CCC(C)C(Br)C2)cc1. The lowest BCUT2D eigenvalue weighted by atomic mass is 10.0. The number of hydrogen-bond donors (Lipinski definition) is 1. The van der Waals surface area contributed by atoms with Crippen molar-refractivity contribution in [1.29, 1.82) is 0 Å². The first kappa shape index (κ1) is 16.5. The lowest BCUT2D eigenvalue weighted by Gasteiger charge is -2.33. The second-order valence-electron chi connectivity index (χ2n) is 5.35. The van der Waals surface area contributed by atoms with Gasteiger partial charge in [-0.3, -0.25) is 4.79 Å². The Morgan fingerprint density at radius 2 is 1.95 bits per heavy atom. The Hall–Kier alpha value is -0.920. The Bertz CT molecular complexity index is 616. The van der Waals surface area contributed by atoms with Crippen LogP contribution in [0.15, 0.2) is 29.2 Å². The third-order valence-electron chi connectivity index (χ3n) is 3.64. The van der Waals surface area contributed by atoms with Crippen molar-refractivity contribution in [3.8, 4) is 0 Å². The number of sulfonamides is 1. The molecule has 1 aromatic rings. The first-order valence-corrected chi connectivity index (χ1v) is 9.18. The van der Waals surface area contributed by atoms with Crippen LogP contribution >= 0.6 is 15.9 Å². The summed E-state index contributed by atoms with van der Waals surface area (Å²) >= 11 is 3.54. The van der Waals surface area contributed by atoms with E-state index in [1.807, 2.05) is 0 Å². The molecule has 0 bridgehead atoms. The van der Waals surface area contributed by atoms with Gasteiger partial charge in [-0.2, -0.15) is 4.31 Å². The third kappa shape index (κ3) is 3.84. The van der Waals surface area contributed by atoms with Crippen LogP contribution in [-0.2, 0) is 14.8 Å². The van der Waals surface area contributed by atoms with Gasteiger partial charge in [-0.15, -0.1) is 0 Å². The van der Waals surface area contributed by atoms with Gasteiger partial charge >= 0.3 is 0 Å². The Morgan fingerprint density at radius 3 is 2.48 bits per heavy atom. The molecule has 1 aromatic carbocycles. The number of alkyl halides is 1. The largest absolute Gasteiger partial charge is 0.326 e. The molecule has 21 heavy (non-hydrogen) atoms. The molecule has 0 spiro atoms. The Labute approximate surface area is 133 Å². The van der Waals surface area contributed by atoms with Crippen LogP contribution in [-0.4, -0.2) is 36.5 Å². The third-order valence-corrected chi connectivity index (χ3v) is 6.71. The molecular formula is C14H19BrN2O3S. The Morgan fingerprint density at radius 1 is 1.33 bits per heavy atom. The van der Waals surface area contributed by atoms with Gasteiger partial charge in [0.2, 0.25) is 15.9 Å². The maximum atomic E-state index is 12.6. The van der Waals surface area contributed by atoms with Crippen LogP contribution in [0.25, 0.3) is 0 Å². The Kier molecular flexibility index (Phi) is 5.06. The second-order valence-corrected chi connectivity index (χ2v) is 8.46. The van der Waals surface area contributed by atoms with Gasteiger partial charge in [0.25, 0.3) is 0 Å². The lowest BCUT2D eigenvalue weighted by molar-refractivity contribution is -0.114. The van der Waals surface area contributed by atoms with Gasteiger partial charge in [0.15, 0.2) is 0 Å². The molecule has 1 heterocycles. The van der Waals surface area contributed by atoms with E-state index in [-0.39, 0.29) is 15.6 Å². The summed E-state index contributed by atoms with van der Waals surface area (Å²) in [6.45, 7) is 4.55. The minimum absolute atomic E-state index is 0.180. The van der Waals surface area contributed by atoms with E-state index in [2.05, 4.69) is 28.2 Å². The summed E-state index contributed by atoms with van der Waals surface area (Å²) in [6, 6.07) is 6.27. The fraction of sp³-hybridized carbons (Fsp3) is 0.500. The van der Waals surface area contributed by atoms with E-state index >= 15 is 0 Å².